The van der Waals surface area contributed by atoms with Gasteiger partial charge in [-0.1, -0.05) is 206 Å². The number of aromatic nitrogens is 1. The Kier molecular flexibility index (Phi) is 9.75. The maximum absolute atomic E-state index is 6.56. The number of furan rings is 1. The molecule has 0 bridgehead atoms. The number of rotatable bonds is 8. The minimum absolute atomic E-state index is 0.0937. The van der Waals surface area contributed by atoms with Gasteiger partial charge < -0.3 is 13.9 Å². The first-order chi connectivity index (χ1) is 36.7. The minimum Gasteiger partial charge on any atom is -0.456 e. The van der Waals surface area contributed by atoms with Crippen molar-refractivity contribution in [1.82, 2.24) is 4.57 Å². The topological polar surface area (TPSA) is 21.3 Å². The summed E-state index contributed by atoms with van der Waals surface area (Å²) in [4.78, 5) is 2.59. The van der Waals surface area contributed by atoms with Gasteiger partial charge in [0.05, 0.1) is 22.1 Å². The monoisotopic (exact) mass is 946 g/mol. The van der Waals surface area contributed by atoms with Crippen molar-refractivity contribution < 1.29 is 4.42 Å². The van der Waals surface area contributed by atoms with Crippen LogP contribution in [0.25, 0.3) is 76.9 Å². The molecule has 0 aliphatic heterocycles. The molecule has 10 aromatic carbocycles. The Labute approximate surface area is 430 Å². The number of hydrogen-bond donors (Lipinski definition) is 0. The third-order valence-electron chi connectivity index (χ3n) is 16.4. The molecule has 3 aliphatic carbocycles. The van der Waals surface area contributed by atoms with E-state index in [0.717, 1.165) is 46.2 Å². The molecule has 0 fully saturated rings. The fourth-order valence-electron chi connectivity index (χ4n) is 13.2. The van der Waals surface area contributed by atoms with Crippen molar-refractivity contribution in [2.75, 3.05) is 4.90 Å². The minimum atomic E-state index is -0.424. The summed E-state index contributed by atoms with van der Waals surface area (Å²) < 4.78 is 9.00. The molecular weight excluding hydrogens is 897 g/mol. The van der Waals surface area contributed by atoms with E-state index >= 15 is 0 Å². The van der Waals surface area contributed by atoms with Crippen LogP contribution in [0.4, 0.5) is 5.69 Å². The highest BCUT2D eigenvalue weighted by Crippen LogP contribution is 2.60. The number of fused-ring (bicyclic) bond motifs is 10. The maximum atomic E-state index is 6.56. The lowest BCUT2D eigenvalue weighted by Crippen LogP contribution is -2.36. The second-order valence-electron chi connectivity index (χ2n) is 20.2. The van der Waals surface area contributed by atoms with Gasteiger partial charge in [0.1, 0.15) is 11.2 Å². The summed E-state index contributed by atoms with van der Waals surface area (Å²) >= 11 is 0. The van der Waals surface area contributed by atoms with E-state index in [9.17, 15) is 0 Å². The molecule has 15 rings (SSSR count). The van der Waals surface area contributed by atoms with Gasteiger partial charge in [-0.15, -0.1) is 0 Å². The molecule has 3 nitrogen and oxygen atoms in total. The van der Waals surface area contributed by atoms with Crippen LogP contribution in [0.1, 0.15) is 46.6 Å². The van der Waals surface area contributed by atoms with Gasteiger partial charge >= 0.3 is 0 Å². The smallest absolute Gasteiger partial charge is 0.136 e. The van der Waals surface area contributed by atoms with E-state index in [-0.39, 0.29) is 11.8 Å². The van der Waals surface area contributed by atoms with Gasteiger partial charge in [-0.05, 0) is 118 Å². The van der Waals surface area contributed by atoms with E-state index in [4.69, 9.17) is 4.42 Å². The van der Waals surface area contributed by atoms with Crippen molar-refractivity contribution in [3.8, 4) is 16.8 Å². The van der Waals surface area contributed by atoms with Crippen LogP contribution in [0.3, 0.4) is 0 Å². The van der Waals surface area contributed by atoms with Gasteiger partial charge in [-0.2, -0.15) is 0 Å². The van der Waals surface area contributed by atoms with Gasteiger partial charge in [0.15, 0.2) is 0 Å². The average molecular weight is 947 g/mol. The predicted molar refractivity (Wildman–Crippen MR) is 308 cm³/mol. The summed E-state index contributed by atoms with van der Waals surface area (Å²) in [6.45, 7) is 0. The highest BCUT2D eigenvalue weighted by atomic mass is 16.3. The highest BCUT2D eigenvalue weighted by Gasteiger charge is 2.53. The van der Waals surface area contributed by atoms with Crippen LogP contribution < -0.4 is 4.90 Å². The Morgan fingerprint density at radius 3 is 1.88 bits per heavy atom. The summed E-state index contributed by atoms with van der Waals surface area (Å²) in [5.74, 6) is 0.278. The molecule has 2 aromatic heterocycles. The fraction of sp³-hybridized carbons (Fsp3) is 0.0704. The molecule has 0 radical (unpaired) electrons. The van der Waals surface area contributed by atoms with Gasteiger partial charge in [-0.25, -0.2) is 0 Å². The largest absolute Gasteiger partial charge is 0.456 e. The summed E-state index contributed by atoms with van der Waals surface area (Å²) in [5, 5.41) is 7.18. The average Bonchev–Trinajstić information content (AvgIpc) is 4.11. The summed E-state index contributed by atoms with van der Waals surface area (Å²) in [7, 11) is 0. The van der Waals surface area contributed by atoms with Gasteiger partial charge in [0, 0.05) is 61.6 Å². The maximum Gasteiger partial charge on any atom is 0.136 e. The van der Waals surface area contributed by atoms with E-state index in [1.165, 1.54) is 88.5 Å². The van der Waals surface area contributed by atoms with Crippen LogP contribution in [0.15, 0.2) is 283 Å². The highest BCUT2D eigenvalue weighted by molar-refractivity contribution is 6.11. The number of anilines is 1. The molecule has 0 amide bonds. The van der Waals surface area contributed by atoms with Crippen LogP contribution in [-0.2, 0) is 5.41 Å². The number of allylic oxidation sites excluding steroid dienone is 7. The first-order valence-corrected chi connectivity index (χ1v) is 26.0. The van der Waals surface area contributed by atoms with Gasteiger partial charge in [0.2, 0.25) is 0 Å². The lowest BCUT2D eigenvalue weighted by Gasteiger charge is -2.41. The van der Waals surface area contributed by atoms with Crippen molar-refractivity contribution in [2.45, 2.75) is 24.2 Å². The second kappa shape index (κ2) is 17.0. The van der Waals surface area contributed by atoms with Gasteiger partial charge in [0.25, 0.3) is 0 Å². The molecule has 2 heterocycles. The molecule has 74 heavy (non-hydrogen) atoms. The van der Waals surface area contributed by atoms with Crippen molar-refractivity contribution in [2.24, 2.45) is 5.92 Å². The zero-order valence-electron chi connectivity index (χ0n) is 40.8. The lowest BCUT2D eigenvalue weighted by atomic mass is 9.63. The van der Waals surface area contributed by atoms with Crippen LogP contribution in [0.2, 0.25) is 0 Å². The number of benzene rings is 10. The summed E-state index contributed by atoms with van der Waals surface area (Å²) in [5.41, 5.74) is 18.7. The number of nitrogens with zero attached hydrogens (tertiary/aromatic N) is 2. The Bertz CT molecular complexity index is 4220. The molecule has 2 unspecified atom stereocenters. The van der Waals surface area contributed by atoms with E-state index in [0.29, 0.717) is 0 Å². The van der Waals surface area contributed by atoms with Crippen LogP contribution in [0, 0.1) is 5.92 Å². The standard InChI is InChI=1S/C71H50N2O/c1-3-21-51(22-4-1)71(52-23-5-2-6-24-52)63-30-14-9-27-57(63)58-41-40-54(46-64(58)71)72(65-31-15-11-26-56(65)50-37-42-69-61(44-50)62-43-48-19-7-8-20-49(48)45-70(62)74-69)53-38-35-47(36-39-53)55-25-10-16-32-66(55)73-67-33-17-12-28-59(67)60-29-13-18-34-68(60)73/h1-14,16-30,32-46,58,64H,15,31H2. The van der Waals surface area contributed by atoms with Crippen LogP contribution >= 0.6 is 0 Å². The normalized spacial score (nSPS) is 16.8. The Hall–Kier alpha value is -9.18. The molecule has 12 aromatic rings. The molecular formula is C71H50N2O. The van der Waals surface area contributed by atoms with E-state index in [2.05, 4.69) is 276 Å². The Morgan fingerprint density at radius 2 is 1.12 bits per heavy atom. The van der Waals surface area contributed by atoms with Crippen LogP contribution in [-0.4, -0.2) is 4.57 Å². The third kappa shape index (κ3) is 6.46. The predicted octanol–water partition coefficient (Wildman–Crippen LogP) is 18.3. The number of para-hydroxylation sites is 3. The zero-order chi connectivity index (χ0) is 48.7. The SMILES string of the molecule is C1=CC(c2ccc3oc4cc5ccccc5cc4c3c2)=C(N(C2=CC3C(C=C2)c2ccccc2C3(c2ccccc2)c2ccccc2)c2ccc(-c3ccccc3-n3c4ccccc4c4ccccc43)cc2)CC1. The summed E-state index contributed by atoms with van der Waals surface area (Å²) in [6, 6.07) is 87.3. The van der Waals surface area contributed by atoms with Crippen molar-refractivity contribution >= 4 is 65.8 Å². The fourth-order valence-corrected chi connectivity index (χ4v) is 13.2. The molecule has 3 heteroatoms. The third-order valence-corrected chi connectivity index (χ3v) is 16.4. The second-order valence-corrected chi connectivity index (χ2v) is 20.2. The Balaban J connectivity index is 0.932. The van der Waals surface area contributed by atoms with E-state index in [1.54, 1.807) is 0 Å². The van der Waals surface area contributed by atoms with Crippen molar-refractivity contribution in [3.05, 3.63) is 306 Å². The molecule has 0 saturated carbocycles. The number of hydrogen-bond acceptors (Lipinski definition) is 2. The molecule has 0 saturated heterocycles. The summed E-state index contributed by atoms with van der Waals surface area (Å²) in [6.07, 6.45) is 14.1. The Morgan fingerprint density at radius 1 is 0.500 bits per heavy atom. The van der Waals surface area contributed by atoms with E-state index < -0.39 is 5.41 Å². The molecule has 2 atom stereocenters. The van der Waals surface area contributed by atoms with Crippen molar-refractivity contribution in [1.29, 1.82) is 0 Å². The molecule has 350 valence electrons. The van der Waals surface area contributed by atoms with E-state index in [1.807, 2.05) is 0 Å². The quantitative estimate of drug-likeness (QED) is 0.151. The molecule has 0 N–H and O–H groups in total. The van der Waals surface area contributed by atoms with Crippen molar-refractivity contribution in [3.63, 3.8) is 0 Å². The molecule has 3 aliphatic rings. The molecule has 0 spiro atoms. The van der Waals surface area contributed by atoms with Crippen LogP contribution in [0.5, 0.6) is 0 Å². The lowest BCUT2D eigenvalue weighted by molar-refractivity contribution is 0.453. The zero-order valence-corrected chi connectivity index (χ0v) is 40.8. The first-order valence-electron chi connectivity index (χ1n) is 26.0. The first kappa shape index (κ1) is 42.5. The van der Waals surface area contributed by atoms with Gasteiger partial charge in [-0.3, -0.25) is 0 Å².